The van der Waals surface area contributed by atoms with Crippen molar-refractivity contribution in [1.29, 1.82) is 0 Å². The number of nitrogens with one attached hydrogen (secondary N) is 1. The number of hydrogen-bond donors (Lipinski definition) is 2. The van der Waals surface area contributed by atoms with Crippen LogP contribution in [0.25, 0.3) is 0 Å². The van der Waals surface area contributed by atoms with E-state index in [0.29, 0.717) is 18.1 Å². The van der Waals surface area contributed by atoms with Gasteiger partial charge in [0.15, 0.2) is 0 Å². The molecule has 100 valence electrons. The summed E-state index contributed by atoms with van der Waals surface area (Å²) in [6.07, 6.45) is 2.15. The molecule has 0 bridgehead atoms. The molecular formula is C12H18N2O4. The van der Waals surface area contributed by atoms with E-state index in [0.717, 1.165) is 0 Å². The first-order chi connectivity index (χ1) is 8.43. The maximum absolute atomic E-state index is 11.7. The van der Waals surface area contributed by atoms with Crippen molar-refractivity contribution in [2.75, 3.05) is 0 Å². The third-order valence-electron chi connectivity index (χ3n) is 2.78. The zero-order valence-electron chi connectivity index (χ0n) is 10.8. The van der Waals surface area contributed by atoms with E-state index in [-0.39, 0.29) is 12.3 Å². The van der Waals surface area contributed by atoms with Crippen LogP contribution in [0.4, 0.5) is 0 Å². The number of hydrogen-bond acceptors (Lipinski definition) is 4. The minimum Gasteiger partial charge on any atom is -0.480 e. The Labute approximate surface area is 105 Å². The van der Waals surface area contributed by atoms with Crippen molar-refractivity contribution in [2.45, 2.75) is 39.7 Å². The number of carboxylic acid groups (broad SMARTS) is 1. The molecule has 18 heavy (non-hydrogen) atoms. The van der Waals surface area contributed by atoms with Crippen LogP contribution >= 0.6 is 0 Å². The average molecular weight is 254 g/mol. The minimum absolute atomic E-state index is 0.0476. The zero-order valence-corrected chi connectivity index (χ0v) is 10.8. The van der Waals surface area contributed by atoms with Gasteiger partial charge in [-0.3, -0.25) is 4.79 Å². The molecule has 0 unspecified atom stereocenters. The molecule has 1 heterocycles. The molecule has 0 aliphatic rings. The van der Waals surface area contributed by atoms with Gasteiger partial charge in [-0.05, 0) is 12.8 Å². The number of rotatable bonds is 6. The molecule has 0 saturated carbocycles. The van der Waals surface area contributed by atoms with E-state index >= 15 is 0 Å². The molecule has 0 radical (unpaired) electrons. The van der Waals surface area contributed by atoms with Gasteiger partial charge in [-0.15, -0.1) is 0 Å². The van der Waals surface area contributed by atoms with E-state index in [2.05, 4.69) is 10.3 Å². The lowest BCUT2D eigenvalue weighted by Gasteiger charge is -2.19. The number of aliphatic carboxylic acids is 1. The highest BCUT2D eigenvalue weighted by atomic mass is 16.4. The maximum atomic E-state index is 11.7. The lowest BCUT2D eigenvalue weighted by molar-refractivity contribution is -0.143. The molecule has 2 N–H and O–H groups in total. The fourth-order valence-electron chi connectivity index (χ4n) is 1.53. The van der Waals surface area contributed by atoms with Gasteiger partial charge in [0, 0.05) is 0 Å². The Balaban J connectivity index is 2.59. The Bertz CT molecular complexity index is 427. The summed E-state index contributed by atoms with van der Waals surface area (Å²) in [6, 6.07) is -0.876. The van der Waals surface area contributed by atoms with Crippen molar-refractivity contribution in [2.24, 2.45) is 5.92 Å². The van der Waals surface area contributed by atoms with Crippen LogP contribution in [-0.2, 0) is 16.0 Å². The van der Waals surface area contributed by atoms with Gasteiger partial charge in [-0.2, -0.15) is 0 Å². The Kier molecular flexibility index (Phi) is 4.88. The molecule has 0 saturated heterocycles. The normalized spacial score (nSPS) is 13.9. The monoisotopic (exact) mass is 254 g/mol. The van der Waals surface area contributed by atoms with E-state index < -0.39 is 17.9 Å². The van der Waals surface area contributed by atoms with Crippen LogP contribution in [0.15, 0.2) is 10.6 Å². The summed E-state index contributed by atoms with van der Waals surface area (Å²) >= 11 is 0. The molecule has 0 aromatic carbocycles. The highest BCUT2D eigenvalue weighted by molar-refractivity contribution is 5.84. The van der Waals surface area contributed by atoms with Gasteiger partial charge in [-0.25, -0.2) is 9.78 Å². The largest absolute Gasteiger partial charge is 0.480 e. The fraction of sp³-hybridized carbons (Fsp3) is 0.583. The topological polar surface area (TPSA) is 92.4 Å². The van der Waals surface area contributed by atoms with Crippen molar-refractivity contribution >= 4 is 11.9 Å². The molecule has 6 nitrogen and oxygen atoms in total. The first-order valence-electron chi connectivity index (χ1n) is 5.87. The predicted molar refractivity (Wildman–Crippen MR) is 64.0 cm³/mol. The molecule has 0 aliphatic carbocycles. The minimum atomic E-state index is -1.03. The summed E-state index contributed by atoms with van der Waals surface area (Å²) in [5.74, 6) is -0.642. The van der Waals surface area contributed by atoms with Crippen molar-refractivity contribution in [3.8, 4) is 0 Å². The first kappa shape index (κ1) is 14.2. The van der Waals surface area contributed by atoms with Gasteiger partial charge >= 0.3 is 5.97 Å². The number of oxazole rings is 1. The highest BCUT2D eigenvalue weighted by Gasteiger charge is 2.25. The summed E-state index contributed by atoms with van der Waals surface area (Å²) in [5.41, 5.74) is 0. The predicted octanol–water partition coefficient (Wildman–Crippen LogP) is 1.14. The van der Waals surface area contributed by atoms with Gasteiger partial charge in [0.05, 0.1) is 6.20 Å². The van der Waals surface area contributed by atoms with Gasteiger partial charge in [0.25, 0.3) is 0 Å². The van der Waals surface area contributed by atoms with E-state index in [4.69, 9.17) is 9.52 Å². The first-order valence-corrected chi connectivity index (χ1v) is 5.87. The summed E-state index contributed by atoms with van der Waals surface area (Å²) in [5, 5.41) is 11.5. The number of amides is 1. The average Bonchev–Trinajstić information content (AvgIpc) is 2.70. The standard InChI is InChI=1S/C12H18N2O4/c1-4-7(2)11(12(16)17)14-9(15)5-10-13-6-8(3)18-10/h6-7,11H,4-5H2,1-3H3,(H,14,15)(H,16,17)/t7-,11-/m0/s1. The molecular weight excluding hydrogens is 236 g/mol. The Hall–Kier alpha value is -1.85. The van der Waals surface area contributed by atoms with Gasteiger partial charge in [0.1, 0.15) is 18.2 Å². The number of aryl methyl sites for hydroxylation is 1. The summed E-state index contributed by atoms with van der Waals surface area (Å²) in [6.45, 7) is 5.40. The zero-order chi connectivity index (χ0) is 13.7. The Morgan fingerprint density at radius 2 is 2.22 bits per heavy atom. The summed E-state index contributed by atoms with van der Waals surface area (Å²) in [7, 11) is 0. The van der Waals surface area contributed by atoms with Crippen LogP contribution < -0.4 is 5.32 Å². The lowest BCUT2D eigenvalue weighted by Crippen LogP contribution is -2.45. The van der Waals surface area contributed by atoms with Crippen LogP contribution in [0.5, 0.6) is 0 Å². The number of carbonyl (C=O) groups excluding carboxylic acids is 1. The summed E-state index contributed by atoms with van der Waals surface area (Å²) < 4.78 is 5.16. The Morgan fingerprint density at radius 3 is 2.67 bits per heavy atom. The van der Waals surface area contributed by atoms with Crippen molar-refractivity contribution in [3.63, 3.8) is 0 Å². The van der Waals surface area contributed by atoms with Crippen LogP contribution in [0, 0.1) is 12.8 Å². The van der Waals surface area contributed by atoms with E-state index in [1.165, 1.54) is 6.20 Å². The van der Waals surface area contributed by atoms with Crippen LogP contribution in [0.3, 0.4) is 0 Å². The molecule has 1 rings (SSSR count). The number of carboxylic acids is 1. The third kappa shape index (κ3) is 3.87. The molecule has 0 aliphatic heterocycles. The van der Waals surface area contributed by atoms with E-state index in [9.17, 15) is 9.59 Å². The van der Waals surface area contributed by atoms with Crippen molar-refractivity contribution < 1.29 is 19.1 Å². The van der Waals surface area contributed by atoms with E-state index in [1.54, 1.807) is 13.8 Å². The second kappa shape index (κ2) is 6.18. The van der Waals surface area contributed by atoms with Crippen LogP contribution in [0.1, 0.15) is 31.9 Å². The van der Waals surface area contributed by atoms with E-state index in [1.807, 2.05) is 6.92 Å². The molecule has 0 spiro atoms. The van der Waals surface area contributed by atoms with Crippen molar-refractivity contribution in [3.05, 3.63) is 17.8 Å². The molecule has 6 heteroatoms. The molecule has 0 fully saturated rings. The third-order valence-corrected chi connectivity index (χ3v) is 2.78. The number of nitrogens with zero attached hydrogens (tertiary/aromatic N) is 1. The fourth-order valence-corrected chi connectivity index (χ4v) is 1.53. The number of aromatic nitrogens is 1. The molecule has 1 aromatic rings. The lowest BCUT2D eigenvalue weighted by atomic mass is 9.99. The number of carbonyl (C=O) groups is 2. The van der Waals surface area contributed by atoms with Gasteiger partial charge < -0.3 is 14.8 Å². The smallest absolute Gasteiger partial charge is 0.326 e. The van der Waals surface area contributed by atoms with Gasteiger partial charge in [0.2, 0.25) is 11.8 Å². The maximum Gasteiger partial charge on any atom is 0.326 e. The SMILES string of the molecule is CC[C@H](C)[C@H](NC(=O)Cc1ncc(C)o1)C(=O)O. The quantitative estimate of drug-likeness (QED) is 0.794. The Morgan fingerprint density at radius 1 is 1.56 bits per heavy atom. The van der Waals surface area contributed by atoms with Gasteiger partial charge in [-0.1, -0.05) is 20.3 Å². The van der Waals surface area contributed by atoms with Crippen LogP contribution in [0.2, 0.25) is 0 Å². The summed E-state index contributed by atoms with van der Waals surface area (Å²) in [4.78, 5) is 26.6. The van der Waals surface area contributed by atoms with Crippen LogP contribution in [-0.4, -0.2) is 28.0 Å². The van der Waals surface area contributed by atoms with Crippen molar-refractivity contribution in [1.82, 2.24) is 10.3 Å². The molecule has 1 amide bonds. The molecule has 2 atom stereocenters. The highest BCUT2D eigenvalue weighted by Crippen LogP contribution is 2.09. The second-order valence-electron chi connectivity index (χ2n) is 4.31. The molecule has 1 aromatic heterocycles. The second-order valence-corrected chi connectivity index (χ2v) is 4.31.